The number of hydrogen-bond acceptors (Lipinski definition) is 7. The van der Waals surface area contributed by atoms with Crippen LogP contribution in [-0.2, 0) is 6.54 Å². The third-order valence-electron chi connectivity index (χ3n) is 6.14. The van der Waals surface area contributed by atoms with Crippen molar-refractivity contribution in [1.29, 1.82) is 0 Å². The quantitative estimate of drug-likeness (QED) is 0.184. The number of para-hydroxylation sites is 1. The van der Waals surface area contributed by atoms with Gasteiger partial charge in [-0.3, -0.25) is 14.4 Å². The van der Waals surface area contributed by atoms with Crippen molar-refractivity contribution < 1.29 is 19.4 Å². The molecule has 0 spiro atoms. The Hall–Kier alpha value is -4.60. The number of anilines is 2. The molecule has 0 aliphatic heterocycles. The Labute approximate surface area is 244 Å². The van der Waals surface area contributed by atoms with Crippen molar-refractivity contribution in [3.63, 3.8) is 0 Å². The smallest absolute Gasteiger partial charge is 0.258 e. The van der Waals surface area contributed by atoms with E-state index in [9.17, 15) is 19.5 Å². The number of pyridine rings is 1. The molecule has 0 aliphatic carbocycles. The summed E-state index contributed by atoms with van der Waals surface area (Å²) in [6, 6.07) is 20.2. The number of benzene rings is 3. The summed E-state index contributed by atoms with van der Waals surface area (Å²) in [5.74, 6) is 0.243. The van der Waals surface area contributed by atoms with Gasteiger partial charge in [-0.2, -0.15) is 0 Å². The first-order chi connectivity index (χ1) is 19.7. The number of aldehydes is 1. The van der Waals surface area contributed by atoms with Crippen LogP contribution in [0.3, 0.4) is 0 Å². The summed E-state index contributed by atoms with van der Waals surface area (Å²) in [4.78, 5) is 37.8. The van der Waals surface area contributed by atoms with E-state index < -0.39 is 5.91 Å². The number of nitrogens with zero attached hydrogens (tertiary/aromatic N) is 2. The normalized spacial score (nSPS) is 10.4. The van der Waals surface area contributed by atoms with Crippen molar-refractivity contribution in [2.75, 3.05) is 45.4 Å². The van der Waals surface area contributed by atoms with Gasteiger partial charge in [0.05, 0.1) is 23.4 Å². The Morgan fingerprint density at radius 3 is 2.41 bits per heavy atom. The second-order valence-corrected chi connectivity index (χ2v) is 9.62. The van der Waals surface area contributed by atoms with Crippen LogP contribution in [-0.4, -0.2) is 61.6 Å². The lowest BCUT2D eigenvalue weighted by Crippen LogP contribution is -2.26. The van der Waals surface area contributed by atoms with Crippen LogP contribution in [0.4, 0.5) is 11.4 Å². The molecule has 4 rings (SSSR count). The topological polar surface area (TPSA) is 113 Å². The highest BCUT2D eigenvalue weighted by Gasteiger charge is 2.16. The minimum absolute atomic E-state index is 0.0597. The molecule has 3 aromatic carbocycles. The predicted molar refractivity (Wildman–Crippen MR) is 164 cm³/mol. The highest BCUT2D eigenvalue weighted by atomic mass is 35.5. The van der Waals surface area contributed by atoms with Gasteiger partial charge in [0.2, 0.25) is 0 Å². The minimum Gasteiger partial charge on any atom is -0.506 e. The number of amides is 1. The largest absolute Gasteiger partial charge is 0.506 e. The van der Waals surface area contributed by atoms with Crippen molar-refractivity contribution in [3.05, 3.63) is 105 Å². The molecule has 10 heteroatoms. The van der Waals surface area contributed by atoms with Crippen LogP contribution in [0.5, 0.6) is 11.5 Å². The fourth-order valence-corrected chi connectivity index (χ4v) is 4.12. The van der Waals surface area contributed by atoms with Gasteiger partial charge in [0.1, 0.15) is 23.5 Å². The predicted octanol–water partition coefficient (Wildman–Crippen LogP) is 5.24. The van der Waals surface area contributed by atoms with Gasteiger partial charge in [0.25, 0.3) is 11.5 Å². The van der Waals surface area contributed by atoms with Crippen LogP contribution in [0, 0.1) is 0 Å². The Bertz CT molecular complexity index is 1550. The second-order valence-electron chi connectivity index (χ2n) is 9.21. The molecule has 0 bridgehead atoms. The molecule has 0 unspecified atom stereocenters. The zero-order chi connectivity index (χ0) is 29.9. The third kappa shape index (κ3) is 8.20. The Balaban J connectivity index is 0.000000389. The zero-order valence-electron chi connectivity index (χ0n) is 23.3. The van der Waals surface area contributed by atoms with Crippen LogP contribution < -0.4 is 20.9 Å². The molecule has 1 heterocycles. The summed E-state index contributed by atoms with van der Waals surface area (Å²) in [7, 11) is 7.19. The summed E-state index contributed by atoms with van der Waals surface area (Å²) in [6.07, 6.45) is 2.56. The zero-order valence-corrected chi connectivity index (χ0v) is 24.1. The fraction of sp³-hybridized carbons (Fsp3) is 0.194. The van der Waals surface area contributed by atoms with Gasteiger partial charge in [-0.25, -0.2) is 0 Å². The maximum atomic E-state index is 12.8. The number of carbonyl (C=O) groups is 2. The molecule has 9 nitrogen and oxygen atoms in total. The summed E-state index contributed by atoms with van der Waals surface area (Å²) < 4.78 is 6.55. The molecule has 0 aliphatic rings. The number of halogens is 1. The molecule has 214 valence electrons. The molecule has 0 saturated heterocycles. The molecule has 41 heavy (non-hydrogen) atoms. The first-order valence-corrected chi connectivity index (χ1v) is 13.1. The van der Waals surface area contributed by atoms with Crippen molar-refractivity contribution >= 4 is 35.2 Å². The van der Waals surface area contributed by atoms with E-state index >= 15 is 0 Å². The van der Waals surface area contributed by atoms with Gasteiger partial charge in [0, 0.05) is 37.5 Å². The van der Waals surface area contributed by atoms with Gasteiger partial charge in [-0.15, -0.1) is 0 Å². The standard InChI is InChI=1S/C23H25ClN4O3.C8H8O2/c1-25-19-7-4-8-20(29)21(19)26-22(30)17-10-9-15(14-18(17)24)16-6-5-11-28(23(16)31)13-12-27(2)3;1-10-8-4-2-7(6-9)3-5-8/h4-11,14,25,29H,12-13H2,1-3H3,(H,26,30);2-6H,1H3. The fourth-order valence-electron chi connectivity index (χ4n) is 3.85. The lowest BCUT2D eigenvalue weighted by Gasteiger charge is -2.14. The third-order valence-corrected chi connectivity index (χ3v) is 6.45. The van der Waals surface area contributed by atoms with E-state index in [0.717, 1.165) is 18.6 Å². The number of hydrogen-bond donors (Lipinski definition) is 3. The van der Waals surface area contributed by atoms with Crippen LogP contribution >= 0.6 is 11.6 Å². The highest BCUT2D eigenvalue weighted by Crippen LogP contribution is 2.32. The van der Waals surface area contributed by atoms with E-state index in [1.54, 1.807) is 85.6 Å². The number of aromatic hydroxyl groups is 1. The average Bonchev–Trinajstić information content (AvgIpc) is 2.97. The lowest BCUT2D eigenvalue weighted by molar-refractivity contribution is 0.102. The van der Waals surface area contributed by atoms with Crippen molar-refractivity contribution in [2.24, 2.45) is 0 Å². The van der Waals surface area contributed by atoms with Gasteiger partial charge in [-0.05, 0) is 80.3 Å². The SMILES string of the molecule is CNc1cccc(O)c1NC(=O)c1ccc(-c2cccn(CCN(C)C)c2=O)cc1Cl.COc1ccc(C=O)cc1. The summed E-state index contributed by atoms with van der Waals surface area (Å²) in [5.41, 5.74) is 2.76. The van der Waals surface area contributed by atoms with Crippen molar-refractivity contribution in [2.45, 2.75) is 6.54 Å². The van der Waals surface area contributed by atoms with Crippen molar-refractivity contribution in [1.82, 2.24) is 9.47 Å². The van der Waals surface area contributed by atoms with Crippen LogP contribution in [0.15, 0.2) is 83.8 Å². The number of nitrogens with one attached hydrogen (secondary N) is 2. The molecule has 1 aromatic heterocycles. The second kappa shape index (κ2) is 14.7. The number of likely N-dealkylation sites (N-methyl/N-ethyl adjacent to an activating group) is 1. The van der Waals surface area contributed by atoms with Gasteiger partial charge >= 0.3 is 0 Å². The van der Waals surface area contributed by atoms with Gasteiger partial charge in [-0.1, -0.05) is 23.7 Å². The number of rotatable bonds is 9. The average molecular weight is 577 g/mol. The minimum atomic E-state index is -0.467. The Kier molecular flexibility index (Phi) is 11.1. The molecular formula is C31H33ClN4O5. The van der Waals surface area contributed by atoms with E-state index in [-0.39, 0.29) is 27.6 Å². The maximum Gasteiger partial charge on any atom is 0.258 e. The maximum absolute atomic E-state index is 12.8. The Morgan fingerprint density at radius 2 is 1.80 bits per heavy atom. The van der Waals surface area contributed by atoms with Crippen LogP contribution in [0.2, 0.25) is 5.02 Å². The van der Waals surface area contributed by atoms with E-state index in [1.165, 1.54) is 6.07 Å². The van der Waals surface area contributed by atoms with E-state index in [0.29, 0.717) is 28.9 Å². The molecule has 4 aromatic rings. The lowest BCUT2D eigenvalue weighted by atomic mass is 10.0. The van der Waals surface area contributed by atoms with Gasteiger partial charge in [0.15, 0.2) is 0 Å². The van der Waals surface area contributed by atoms with E-state index in [1.807, 2.05) is 25.1 Å². The van der Waals surface area contributed by atoms with E-state index in [4.69, 9.17) is 16.3 Å². The van der Waals surface area contributed by atoms with Crippen LogP contribution in [0.1, 0.15) is 20.7 Å². The Morgan fingerprint density at radius 1 is 1.07 bits per heavy atom. The number of aromatic nitrogens is 1. The summed E-state index contributed by atoms with van der Waals surface area (Å²) in [6.45, 7) is 1.31. The molecular weight excluding hydrogens is 544 g/mol. The molecule has 1 amide bonds. The summed E-state index contributed by atoms with van der Waals surface area (Å²) >= 11 is 6.39. The number of methoxy groups -OCH3 is 1. The number of phenolic OH excluding ortho intramolecular Hbond substituents is 1. The van der Waals surface area contributed by atoms with Crippen molar-refractivity contribution in [3.8, 4) is 22.6 Å². The number of carbonyl (C=O) groups excluding carboxylic acids is 2. The number of ether oxygens (including phenoxy) is 1. The molecule has 3 N–H and O–H groups in total. The molecule has 0 atom stereocenters. The number of phenols is 1. The van der Waals surface area contributed by atoms with Gasteiger partial charge < -0.3 is 29.9 Å². The van der Waals surface area contributed by atoms with E-state index in [2.05, 4.69) is 10.6 Å². The van der Waals surface area contributed by atoms with Crippen LogP contribution in [0.25, 0.3) is 11.1 Å². The molecule has 0 fully saturated rings. The first kappa shape index (κ1) is 30.9. The molecule has 0 radical (unpaired) electrons. The summed E-state index contributed by atoms with van der Waals surface area (Å²) in [5, 5.41) is 15.9. The highest BCUT2D eigenvalue weighted by molar-refractivity contribution is 6.34. The molecule has 0 saturated carbocycles. The monoisotopic (exact) mass is 576 g/mol. The first-order valence-electron chi connectivity index (χ1n) is 12.7.